The minimum atomic E-state index is -0.404. The second kappa shape index (κ2) is 6.21. The van der Waals surface area contributed by atoms with Crippen molar-refractivity contribution in [1.29, 1.82) is 0 Å². The number of hydrogen-bond acceptors (Lipinski definition) is 3. The summed E-state index contributed by atoms with van der Waals surface area (Å²) in [5.41, 5.74) is 0.981. The summed E-state index contributed by atoms with van der Waals surface area (Å²) >= 11 is 0. The molecule has 0 spiro atoms. The molecule has 1 fully saturated rings. The van der Waals surface area contributed by atoms with Crippen molar-refractivity contribution in [3.63, 3.8) is 0 Å². The first-order chi connectivity index (χ1) is 8.76. The molecule has 1 aromatic carbocycles. The van der Waals surface area contributed by atoms with Crippen LogP contribution in [0, 0.1) is 0 Å². The van der Waals surface area contributed by atoms with Crippen molar-refractivity contribution < 1.29 is 9.84 Å². The van der Waals surface area contributed by atoms with Crippen LogP contribution in [-0.2, 0) is 0 Å². The lowest BCUT2D eigenvalue weighted by atomic mass is 9.99. The molecule has 100 valence electrons. The Hall–Kier alpha value is -1.06. The van der Waals surface area contributed by atoms with E-state index >= 15 is 0 Å². The monoisotopic (exact) mass is 249 g/mol. The molecule has 0 bridgehead atoms. The molecule has 1 aliphatic heterocycles. The first kappa shape index (κ1) is 13.4. The number of nitrogens with zero attached hydrogens (tertiary/aromatic N) is 1. The van der Waals surface area contributed by atoms with Gasteiger partial charge in [-0.3, -0.25) is 4.90 Å². The smallest absolute Gasteiger partial charge is 0.118 e. The molecule has 1 aliphatic rings. The largest absolute Gasteiger partial charge is 0.497 e. The second-order valence-electron chi connectivity index (χ2n) is 4.94. The van der Waals surface area contributed by atoms with Gasteiger partial charge in [-0.15, -0.1) is 0 Å². The van der Waals surface area contributed by atoms with Crippen molar-refractivity contribution in [2.75, 3.05) is 20.2 Å². The fraction of sp³-hybridized carbons (Fsp3) is 0.600. The molecule has 1 heterocycles. The Morgan fingerprint density at radius 1 is 1.22 bits per heavy atom. The first-order valence-corrected chi connectivity index (χ1v) is 6.82. The number of aliphatic hydroxyl groups excluding tert-OH is 1. The Kier molecular flexibility index (Phi) is 4.61. The van der Waals surface area contributed by atoms with Crippen LogP contribution in [0.25, 0.3) is 0 Å². The number of aliphatic hydroxyl groups is 1. The Morgan fingerprint density at radius 2 is 1.83 bits per heavy atom. The molecule has 3 heteroatoms. The van der Waals surface area contributed by atoms with E-state index in [1.807, 2.05) is 24.3 Å². The molecule has 1 aromatic rings. The van der Waals surface area contributed by atoms with Crippen LogP contribution in [0.2, 0.25) is 0 Å². The molecule has 2 atom stereocenters. The molecule has 1 saturated heterocycles. The van der Waals surface area contributed by atoms with E-state index < -0.39 is 6.10 Å². The van der Waals surface area contributed by atoms with Gasteiger partial charge in [0.1, 0.15) is 5.75 Å². The van der Waals surface area contributed by atoms with Gasteiger partial charge in [0.05, 0.1) is 13.2 Å². The van der Waals surface area contributed by atoms with Crippen LogP contribution in [-0.4, -0.2) is 36.2 Å². The van der Waals surface area contributed by atoms with Crippen molar-refractivity contribution in [3.8, 4) is 5.75 Å². The van der Waals surface area contributed by atoms with Crippen LogP contribution >= 0.6 is 0 Å². The molecular weight excluding hydrogens is 226 g/mol. The molecule has 0 radical (unpaired) electrons. The Bertz CT molecular complexity index is 357. The quantitative estimate of drug-likeness (QED) is 0.870. The highest BCUT2D eigenvalue weighted by molar-refractivity contribution is 5.29. The van der Waals surface area contributed by atoms with Crippen molar-refractivity contribution in [2.24, 2.45) is 0 Å². The highest BCUT2D eigenvalue weighted by Gasteiger charge is 2.27. The van der Waals surface area contributed by atoms with Crippen LogP contribution in [0.5, 0.6) is 5.75 Å². The zero-order valence-electron chi connectivity index (χ0n) is 11.3. The van der Waals surface area contributed by atoms with Gasteiger partial charge in [0.25, 0.3) is 0 Å². The zero-order valence-corrected chi connectivity index (χ0v) is 11.3. The molecule has 0 unspecified atom stereocenters. The van der Waals surface area contributed by atoms with Crippen molar-refractivity contribution in [3.05, 3.63) is 29.8 Å². The summed E-state index contributed by atoms with van der Waals surface area (Å²) < 4.78 is 5.14. The molecular formula is C15H23NO2. The maximum Gasteiger partial charge on any atom is 0.118 e. The summed E-state index contributed by atoms with van der Waals surface area (Å²) in [7, 11) is 1.66. The number of rotatable bonds is 5. The van der Waals surface area contributed by atoms with Gasteiger partial charge in [0.2, 0.25) is 0 Å². The van der Waals surface area contributed by atoms with Gasteiger partial charge in [-0.05, 0) is 50.0 Å². The summed E-state index contributed by atoms with van der Waals surface area (Å²) in [6, 6.07) is 7.98. The van der Waals surface area contributed by atoms with Gasteiger partial charge in [-0.2, -0.15) is 0 Å². The number of ether oxygens (including phenoxy) is 1. The summed E-state index contributed by atoms with van der Waals surface area (Å²) in [6.07, 6.45) is 3.09. The number of benzene rings is 1. The van der Waals surface area contributed by atoms with Gasteiger partial charge in [0, 0.05) is 6.04 Å². The average Bonchev–Trinajstić information content (AvgIpc) is 2.93. The number of likely N-dealkylation sites (tertiary alicyclic amines) is 1. The standard InChI is InChI=1S/C15H23NO2/c1-3-14(16-10-4-5-11-16)15(17)12-6-8-13(18-2)9-7-12/h6-9,14-15,17H,3-5,10-11H2,1-2H3/t14-,15-/m0/s1. The maximum atomic E-state index is 10.5. The lowest BCUT2D eigenvalue weighted by Gasteiger charge is -2.31. The van der Waals surface area contributed by atoms with Crippen LogP contribution in [0.1, 0.15) is 37.9 Å². The predicted octanol–water partition coefficient (Wildman–Crippen LogP) is 2.60. The average molecular weight is 249 g/mol. The summed E-state index contributed by atoms with van der Waals surface area (Å²) in [6.45, 7) is 4.38. The normalized spacial score (nSPS) is 19.7. The SMILES string of the molecule is CC[C@@H]([C@@H](O)c1ccc(OC)cc1)N1CCCC1. The van der Waals surface area contributed by atoms with Crippen LogP contribution in [0.3, 0.4) is 0 Å². The molecule has 18 heavy (non-hydrogen) atoms. The zero-order chi connectivity index (χ0) is 13.0. The summed E-state index contributed by atoms with van der Waals surface area (Å²) in [5, 5.41) is 10.5. The molecule has 3 nitrogen and oxygen atoms in total. The Labute approximate surface area is 109 Å². The topological polar surface area (TPSA) is 32.7 Å². The third kappa shape index (κ3) is 2.85. The van der Waals surface area contributed by atoms with Crippen molar-refractivity contribution in [2.45, 2.75) is 38.3 Å². The van der Waals surface area contributed by atoms with E-state index in [9.17, 15) is 5.11 Å². The second-order valence-corrected chi connectivity index (χ2v) is 4.94. The van der Waals surface area contributed by atoms with E-state index in [4.69, 9.17) is 4.74 Å². The summed E-state index contributed by atoms with van der Waals surface area (Å²) in [5.74, 6) is 0.833. The van der Waals surface area contributed by atoms with E-state index in [-0.39, 0.29) is 6.04 Å². The highest BCUT2D eigenvalue weighted by Crippen LogP contribution is 2.27. The molecule has 2 rings (SSSR count). The third-order valence-corrected chi connectivity index (χ3v) is 3.85. The van der Waals surface area contributed by atoms with Gasteiger partial charge in [0.15, 0.2) is 0 Å². The Morgan fingerprint density at radius 3 is 2.33 bits per heavy atom. The molecule has 0 aromatic heterocycles. The lowest BCUT2D eigenvalue weighted by molar-refractivity contribution is 0.0590. The van der Waals surface area contributed by atoms with E-state index in [0.717, 1.165) is 30.8 Å². The fourth-order valence-corrected chi connectivity index (χ4v) is 2.78. The van der Waals surface area contributed by atoms with Crippen molar-refractivity contribution >= 4 is 0 Å². The first-order valence-electron chi connectivity index (χ1n) is 6.82. The maximum absolute atomic E-state index is 10.5. The third-order valence-electron chi connectivity index (χ3n) is 3.85. The van der Waals surface area contributed by atoms with Crippen LogP contribution in [0.4, 0.5) is 0 Å². The van der Waals surface area contributed by atoms with Gasteiger partial charge >= 0.3 is 0 Å². The van der Waals surface area contributed by atoms with Crippen LogP contribution in [0.15, 0.2) is 24.3 Å². The minimum Gasteiger partial charge on any atom is -0.497 e. The van der Waals surface area contributed by atoms with Crippen LogP contribution < -0.4 is 4.74 Å². The fourth-order valence-electron chi connectivity index (χ4n) is 2.78. The van der Waals surface area contributed by atoms with Gasteiger partial charge in [-0.1, -0.05) is 19.1 Å². The molecule has 0 saturated carbocycles. The van der Waals surface area contributed by atoms with Gasteiger partial charge < -0.3 is 9.84 Å². The van der Waals surface area contributed by atoms with E-state index in [2.05, 4.69) is 11.8 Å². The minimum absolute atomic E-state index is 0.237. The molecule has 0 amide bonds. The predicted molar refractivity (Wildman–Crippen MR) is 72.8 cm³/mol. The van der Waals surface area contributed by atoms with E-state index in [0.29, 0.717) is 0 Å². The summed E-state index contributed by atoms with van der Waals surface area (Å²) in [4.78, 5) is 2.41. The highest BCUT2D eigenvalue weighted by atomic mass is 16.5. The number of hydrogen-bond donors (Lipinski definition) is 1. The van der Waals surface area contributed by atoms with E-state index in [1.54, 1.807) is 7.11 Å². The molecule has 0 aliphatic carbocycles. The van der Waals surface area contributed by atoms with Gasteiger partial charge in [-0.25, -0.2) is 0 Å². The lowest BCUT2D eigenvalue weighted by Crippen LogP contribution is -2.37. The Balaban J connectivity index is 2.09. The van der Waals surface area contributed by atoms with E-state index in [1.165, 1.54) is 12.8 Å². The molecule has 1 N–H and O–H groups in total. The van der Waals surface area contributed by atoms with Crippen molar-refractivity contribution in [1.82, 2.24) is 4.90 Å². The number of methoxy groups -OCH3 is 1.